The van der Waals surface area contributed by atoms with Crippen molar-refractivity contribution in [3.63, 3.8) is 0 Å². The SMILES string of the molecule is O=C(NCCN1CCCCC1)c1ccc(OC2CCN(C3CCC3)CC2)cc1. The minimum atomic E-state index is 0.0115. The Morgan fingerprint density at radius 1 is 0.929 bits per heavy atom. The first kappa shape index (κ1) is 19.7. The number of benzene rings is 1. The summed E-state index contributed by atoms with van der Waals surface area (Å²) in [4.78, 5) is 17.4. The molecule has 0 aromatic heterocycles. The van der Waals surface area contributed by atoms with Crippen molar-refractivity contribution < 1.29 is 9.53 Å². The average molecular weight is 386 g/mol. The molecule has 1 N–H and O–H groups in total. The van der Waals surface area contributed by atoms with Crippen LogP contribution in [0.3, 0.4) is 0 Å². The second-order valence-electron chi connectivity index (χ2n) is 8.62. The maximum Gasteiger partial charge on any atom is 0.251 e. The third-order valence-corrected chi connectivity index (χ3v) is 6.65. The highest BCUT2D eigenvalue weighted by molar-refractivity contribution is 5.94. The predicted molar refractivity (Wildman–Crippen MR) is 112 cm³/mol. The number of nitrogens with zero attached hydrogens (tertiary/aromatic N) is 2. The maximum absolute atomic E-state index is 12.3. The monoisotopic (exact) mass is 385 g/mol. The summed E-state index contributed by atoms with van der Waals surface area (Å²) in [6.45, 7) is 6.33. The molecule has 5 heteroatoms. The Morgan fingerprint density at radius 3 is 2.29 bits per heavy atom. The quantitative estimate of drug-likeness (QED) is 0.782. The number of nitrogens with one attached hydrogen (secondary N) is 1. The van der Waals surface area contributed by atoms with Crippen molar-refractivity contribution in [2.45, 2.75) is 63.5 Å². The minimum Gasteiger partial charge on any atom is -0.490 e. The van der Waals surface area contributed by atoms with E-state index in [-0.39, 0.29) is 5.91 Å². The Balaban J connectivity index is 1.17. The summed E-state index contributed by atoms with van der Waals surface area (Å²) >= 11 is 0. The summed E-state index contributed by atoms with van der Waals surface area (Å²) in [5.74, 6) is 0.893. The molecule has 1 aromatic carbocycles. The second kappa shape index (κ2) is 9.75. The van der Waals surface area contributed by atoms with Crippen molar-refractivity contribution in [1.29, 1.82) is 0 Å². The van der Waals surface area contributed by atoms with Gasteiger partial charge in [-0.2, -0.15) is 0 Å². The molecule has 0 radical (unpaired) electrons. The first-order valence-electron chi connectivity index (χ1n) is 11.3. The van der Waals surface area contributed by atoms with Gasteiger partial charge in [0.25, 0.3) is 5.91 Å². The van der Waals surface area contributed by atoms with Gasteiger partial charge in [0, 0.05) is 37.8 Å². The van der Waals surface area contributed by atoms with Crippen LogP contribution >= 0.6 is 0 Å². The van der Waals surface area contributed by atoms with Crippen molar-refractivity contribution in [2.24, 2.45) is 0 Å². The molecule has 5 nitrogen and oxygen atoms in total. The fourth-order valence-electron chi connectivity index (χ4n) is 4.60. The molecular weight excluding hydrogens is 350 g/mol. The van der Waals surface area contributed by atoms with Crippen molar-refractivity contribution >= 4 is 5.91 Å². The van der Waals surface area contributed by atoms with Crippen LogP contribution in [0.2, 0.25) is 0 Å². The lowest BCUT2D eigenvalue weighted by atomic mass is 9.90. The second-order valence-corrected chi connectivity index (χ2v) is 8.62. The van der Waals surface area contributed by atoms with Gasteiger partial charge in [-0.15, -0.1) is 0 Å². The van der Waals surface area contributed by atoms with Gasteiger partial charge in [0.15, 0.2) is 0 Å². The normalized spacial score (nSPS) is 22.6. The molecule has 2 aliphatic heterocycles. The lowest BCUT2D eigenvalue weighted by molar-refractivity contribution is 0.0493. The first-order valence-corrected chi connectivity index (χ1v) is 11.3. The van der Waals surface area contributed by atoms with Crippen molar-refractivity contribution in [1.82, 2.24) is 15.1 Å². The highest BCUT2D eigenvalue weighted by Gasteiger charge is 2.29. The van der Waals surface area contributed by atoms with E-state index in [0.29, 0.717) is 11.7 Å². The van der Waals surface area contributed by atoms with Crippen LogP contribution in [0.1, 0.15) is 61.7 Å². The molecule has 0 bridgehead atoms. The Hall–Kier alpha value is -1.59. The lowest BCUT2D eigenvalue weighted by Crippen LogP contribution is -2.46. The van der Waals surface area contributed by atoms with Gasteiger partial charge in [-0.25, -0.2) is 0 Å². The molecule has 1 amide bonds. The molecular formula is C23H35N3O2. The van der Waals surface area contributed by atoms with Crippen LogP contribution in [0, 0.1) is 0 Å². The standard InChI is InChI=1S/C23H35N3O2/c27-23(24-13-18-25-14-2-1-3-15-25)19-7-9-21(10-8-19)28-22-11-16-26(17-12-22)20-5-4-6-20/h7-10,20,22H,1-6,11-18H2,(H,24,27). The number of hydrogen-bond donors (Lipinski definition) is 1. The fourth-order valence-corrected chi connectivity index (χ4v) is 4.60. The van der Waals surface area contributed by atoms with Crippen molar-refractivity contribution in [3.05, 3.63) is 29.8 Å². The van der Waals surface area contributed by atoms with Crippen LogP contribution < -0.4 is 10.1 Å². The highest BCUT2D eigenvalue weighted by Crippen LogP contribution is 2.28. The van der Waals surface area contributed by atoms with Gasteiger partial charge in [0.05, 0.1) is 0 Å². The third kappa shape index (κ3) is 5.26. The Kier molecular flexibility index (Phi) is 6.86. The molecule has 1 saturated carbocycles. The molecule has 1 aromatic rings. The number of rotatable bonds is 7. The van der Waals surface area contributed by atoms with Gasteiger partial charge in [-0.1, -0.05) is 12.8 Å². The smallest absolute Gasteiger partial charge is 0.251 e. The zero-order valence-electron chi connectivity index (χ0n) is 17.1. The van der Waals surface area contributed by atoms with E-state index in [1.807, 2.05) is 24.3 Å². The molecule has 3 fully saturated rings. The molecule has 3 aliphatic rings. The highest BCUT2D eigenvalue weighted by atomic mass is 16.5. The van der Waals surface area contributed by atoms with E-state index in [1.165, 1.54) is 51.6 Å². The zero-order valence-corrected chi connectivity index (χ0v) is 17.1. The van der Waals surface area contributed by atoms with Gasteiger partial charge in [-0.3, -0.25) is 4.79 Å². The Labute approximate surface area is 169 Å². The predicted octanol–water partition coefficient (Wildman–Crippen LogP) is 3.30. The summed E-state index contributed by atoms with van der Waals surface area (Å²) in [6, 6.07) is 8.49. The third-order valence-electron chi connectivity index (χ3n) is 6.65. The van der Waals surface area contributed by atoms with Crippen LogP contribution in [0.4, 0.5) is 0 Å². The number of carbonyl (C=O) groups is 1. The minimum absolute atomic E-state index is 0.0115. The molecule has 0 spiro atoms. The van der Waals surface area contributed by atoms with E-state index in [2.05, 4.69) is 15.1 Å². The zero-order chi connectivity index (χ0) is 19.2. The summed E-state index contributed by atoms with van der Waals surface area (Å²) in [6.07, 6.45) is 10.6. The van der Waals surface area contributed by atoms with Crippen LogP contribution in [-0.2, 0) is 0 Å². The maximum atomic E-state index is 12.3. The van der Waals surface area contributed by atoms with E-state index < -0.39 is 0 Å². The molecule has 0 unspecified atom stereocenters. The van der Waals surface area contributed by atoms with Crippen molar-refractivity contribution in [3.8, 4) is 5.75 Å². The van der Waals surface area contributed by atoms with Gasteiger partial charge in [0.1, 0.15) is 11.9 Å². The summed E-state index contributed by atoms with van der Waals surface area (Å²) in [5.41, 5.74) is 0.714. The van der Waals surface area contributed by atoms with E-state index >= 15 is 0 Å². The van der Waals surface area contributed by atoms with Crippen LogP contribution in [0.25, 0.3) is 0 Å². The Morgan fingerprint density at radius 2 is 1.64 bits per heavy atom. The average Bonchev–Trinajstić information content (AvgIpc) is 2.69. The van der Waals surface area contributed by atoms with Gasteiger partial charge in [0.2, 0.25) is 0 Å². The molecule has 28 heavy (non-hydrogen) atoms. The van der Waals surface area contributed by atoms with Gasteiger partial charge < -0.3 is 19.9 Å². The topological polar surface area (TPSA) is 44.8 Å². The fraction of sp³-hybridized carbons (Fsp3) is 0.696. The molecule has 2 saturated heterocycles. The molecule has 2 heterocycles. The number of piperidine rings is 2. The summed E-state index contributed by atoms with van der Waals surface area (Å²) in [7, 11) is 0. The molecule has 1 aliphatic carbocycles. The molecule has 0 atom stereocenters. The van der Waals surface area contributed by atoms with E-state index in [4.69, 9.17) is 4.74 Å². The van der Waals surface area contributed by atoms with E-state index in [1.54, 1.807) is 0 Å². The van der Waals surface area contributed by atoms with Crippen LogP contribution in [-0.4, -0.2) is 67.1 Å². The number of amides is 1. The van der Waals surface area contributed by atoms with E-state index in [0.717, 1.165) is 50.8 Å². The molecule has 154 valence electrons. The van der Waals surface area contributed by atoms with E-state index in [9.17, 15) is 4.79 Å². The van der Waals surface area contributed by atoms with Crippen LogP contribution in [0.15, 0.2) is 24.3 Å². The summed E-state index contributed by atoms with van der Waals surface area (Å²) in [5, 5.41) is 3.05. The largest absolute Gasteiger partial charge is 0.490 e. The van der Waals surface area contributed by atoms with Gasteiger partial charge >= 0.3 is 0 Å². The first-order chi connectivity index (χ1) is 13.8. The lowest BCUT2D eigenvalue weighted by Gasteiger charge is -2.41. The van der Waals surface area contributed by atoms with Crippen molar-refractivity contribution in [2.75, 3.05) is 39.3 Å². The summed E-state index contributed by atoms with van der Waals surface area (Å²) < 4.78 is 6.17. The Bertz CT molecular complexity index is 615. The number of likely N-dealkylation sites (tertiary alicyclic amines) is 2. The number of hydrogen-bond acceptors (Lipinski definition) is 4. The van der Waals surface area contributed by atoms with Crippen LogP contribution in [0.5, 0.6) is 5.75 Å². The van der Waals surface area contributed by atoms with Gasteiger partial charge in [-0.05, 0) is 75.9 Å². The molecule has 4 rings (SSSR count). The number of carbonyl (C=O) groups excluding carboxylic acids is 1. The number of ether oxygens (including phenoxy) is 1.